The first kappa shape index (κ1) is 14.8. The van der Waals surface area contributed by atoms with Gasteiger partial charge in [-0.25, -0.2) is 19.9 Å². The standard InChI is InChI=1S/C17H15N5OS/c1-10(2)23-11-5-6-13-12(8-11)15(20-9-19-13)22-17-21-14-4-3-7-18-16(14)24-17/h3-10H,1-2H3,(H,19,20,21,22). The second-order valence-corrected chi connectivity index (χ2v) is 6.52. The minimum Gasteiger partial charge on any atom is -0.491 e. The van der Waals surface area contributed by atoms with Crippen molar-refractivity contribution in [2.45, 2.75) is 20.0 Å². The zero-order valence-electron chi connectivity index (χ0n) is 13.2. The predicted octanol–water partition coefficient (Wildman–Crippen LogP) is 4.17. The highest BCUT2D eigenvalue weighted by Crippen LogP contribution is 2.30. The van der Waals surface area contributed by atoms with Crippen molar-refractivity contribution in [3.8, 4) is 5.75 Å². The minimum absolute atomic E-state index is 0.110. The average molecular weight is 337 g/mol. The molecule has 7 heteroatoms. The largest absolute Gasteiger partial charge is 0.491 e. The third kappa shape index (κ3) is 2.85. The lowest BCUT2D eigenvalue weighted by molar-refractivity contribution is 0.243. The van der Waals surface area contributed by atoms with Crippen LogP contribution in [-0.2, 0) is 0 Å². The van der Waals surface area contributed by atoms with Crippen LogP contribution in [0.1, 0.15) is 13.8 Å². The zero-order valence-corrected chi connectivity index (χ0v) is 14.0. The highest BCUT2D eigenvalue weighted by Gasteiger charge is 2.10. The van der Waals surface area contributed by atoms with Crippen LogP contribution in [0.25, 0.3) is 21.3 Å². The smallest absolute Gasteiger partial charge is 0.190 e. The van der Waals surface area contributed by atoms with E-state index in [-0.39, 0.29) is 6.10 Å². The molecular weight excluding hydrogens is 322 g/mol. The lowest BCUT2D eigenvalue weighted by atomic mass is 10.2. The number of hydrogen-bond acceptors (Lipinski definition) is 7. The van der Waals surface area contributed by atoms with E-state index in [4.69, 9.17) is 4.74 Å². The normalized spacial score (nSPS) is 11.3. The molecule has 0 aliphatic rings. The third-order valence-electron chi connectivity index (χ3n) is 3.37. The van der Waals surface area contributed by atoms with Gasteiger partial charge in [-0.05, 0) is 44.2 Å². The molecule has 120 valence electrons. The third-order valence-corrected chi connectivity index (χ3v) is 4.26. The molecule has 0 saturated carbocycles. The molecule has 0 saturated heterocycles. The Morgan fingerprint density at radius 1 is 1.08 bits per heavy atom. The Morgan fingerprint density at radius 2 is 2.00 bits per heavy atom. The number of benzene rings is 1. The summed E-state index contributed by atoms with van der Waals surface area (Å²) in [6, 6.07) is 9.61. The summed E-state index contributed by atoms with van der Waals surface area (Å²) in [6.45, 7) is 4.00. The number of rotatable bonds is 4. The van der Waals surface area contributed by atoms with E-state index in [9.17, 15) is 0 Å². The summed E-state index contributed by atoms with van der Waals surface area (Å²) in [4.78, 5) is 18.4. The first-order valence-corrected chi connectivity index (χ1v) is 8.41. The van der Waals surface area contributed by atoms with E-state index >= 15 is 0 Å². The number of aromatic nitrogens is 4. The first-order valence-electron chi connectivity index (χ1n) is 7.59. The van der Waals surface area contributed by atoms with Gasteiger partial charge in [0.05, 0.1) is 11.6 Å². The van der Waals surface area contributed by atoms with Crippen molar-refractivity contribution in [1.29, 1.82) is 0 Å². The molecule has 0 aliphatic heterocycles. The van der Waals surface area contributed by atoms with Crippen LogP contribution in [0.3, 0.4) is 0 Å². The summed E-state index contributed by atoms with van der Waals surface area (Å²) in [7, 11) is 0. The topological polar surface area (TPSA) is 72.8 Å². The molecule has 1 aromatic carbocycles. The molecule has 6 nitrogen and oxygen atoms in total. The molecule has 0 spiro atoms. The van der Waals surface area contributed by atoms with Gasteiger partial charge in [0.25, 0.3) is 0 Å². The number of anilines is 2. The molecule has 3 aromatic heterocycles. The van der Waals surface area contributed by atoms with Crippen molar-refractivity contribution < 1.29 is 4.74 Å². The monoisotopic (exact) mass is 337 g/mol. The Morgan fingerprint density at radius 3 is 2.83 bits per heavy atom. The van der Waals surface area contributed by atoms with Crippen molar-refractivity contribution in [2.75, 3.05) is 5.32 Å². The molecule has 0 bridgehead atoms. The summed E-state index contributed by atoms with van der Waals surface area (Å²) in [5, 5.41) is 4.92. The molecule has 3 heterocycles. The summed E-state index contributed by atoms with van der Waals surface area (Å²) in [5.74, 6) is 1.49. The number of pyridine rings is 1. The van der Waals surface area contributed by atoms with Crippen LogP contribution in [0.15, 0.2) is 42.9 Å². The Kier molecular flexibility index (Phi) is 3.70. The summed E-state index contributed by atoms with van der Waals surface area (Å²) in [6.07, 6.45) is 3.41. The van der Waals surface area contributed by atoms with Crippen molar-refractivity contribution in [3.63, 3.8) is 0 Å². The van der Waals surface area contributed by atoms with Gasteiger partial charge in [0.1, 0.15) is 28.2 Å². The zero-order chi connectivity index (χ0) is 16.5. The fourth-order valence-corrected chi connectivity index (χ4v) is 3.21. The molecule has 0 unspecified atom stereocenters. The SMILES string of the molecule is CC(C)Oc1ccc2ncnc(Nc3nc4cccnc4s3)c2c1. The predicted molar refractivity (Wildman–Crippen MR) is 96.0 cm³/mol. The maximum Gasteiger partial charge on any atom is 0.190 e. The molecule has 1 N–H and O–H groups in total. The Hall–Kier alpha value is -2.80. The molecule has 0 amide bonds. The molecule has 0 atom stereocenters. The number of hydrogen-bond donors (Lipinski definition) is 1. The van der Waals surface area contributed by atoms with Crippen molar-refractivity contribution in [3.05, 3.63) is 42.9 Å². The van der Waals surface area contributed by atoms with E-state index in [1.54, 1.807) is 12.5 Å². The van der Waals surface area contributed by atoms with Crippen molar-refractivity contribution in [1.82, 2.24) is 19.9 Å². The Labute approximate surface area is 142 Å². The molecule has 0 aliphatic carbocycles. The van der Waals surface area contributed by atoms with Crippen LogP contribution in [-0.4, -0.2) is 26.0 Å². The number of nitrogens with zero attached hydrogens (tertiary/aromatic N) is 4. The fourth-order valence-electron chi connectivity index (χ4n) is 2.41. The van der Waals surface area contributed by atoms with Gasteiger partial charge in [0.2, 0.25) is 0 Å². The summed E-state index contributed by atoms with van der Waals surface area (Å²) in [5.41, 5.74) is 1.72. The molecule has 0 fully saturated rings. The van der Waals surface area contributed by atoms with Gasteiger partial charge in [0, 0.05) is 11.6 Å². The fraction of sp³-hybridized carbons (Fsp3) is 0.176. The molecule has 0 radical (unpaired) electrons. The number of thiazole rings is 1. The number of fused-ring (bicyclic) bond motifs is 2. The Bertz CT molecular complexity index is 981. The Balaban J connectivity index is 1.74. The van der Waals surface area contributed by atoms with E-state index in [0.29, 0.717) is 5.82 Å². The summed E-state index contributed by atoms with van der Waals surface area (Å²) >= 11 is 1.49. The van der Waals surface area contributed by atoms with Gasteiger partial charge in [0.15, 0.2) is 5.13 Å². The van der Waals surface area contributed by atoms with Gasteiger partial charge in [-0.15, -0.1) is 0 Å². The van der Waals surface area contributed by atoms with Gasteiger partial charge < -0.3 is 10.1 Å². The minimum atomic E-state index is 0.110. The van der Waals surface area contributed by atoms with Crippen molar-refractivity contribution >= 4 is 43.5 Å². The molecule has 4 rings (SSSR count). The second kappa shape index (κ2) is 6.01. The van der Waals surface area contributed by atoms with Crippen LogP contribution in [0, 0.1) is 0 Å². The van der Waals surface area contributed by atoms with Gasteiger partial charge in [-0.1, -0.05) is 11.3 Å². The van der Waals surface area contributed by atoms with Gasteiger partial charge >= 0.3 is 0 Å². The summed E-state index contributed by atoms with van der Waals surface area (Å²) < 4.78 is 5.77. The first-order chi connectivity index (χ1) is 11.7. The lowest BCUT2D eigenvalue weighted by Crippen LogP contribution is -2.05. The van der Waals surface area contributed by atoms with Crippen molar-refractivity contribution in [2.24, 2.45) is 0 Å². The highest BCUT2D eigenvalue weighted by molar-refractivity contribution is 7.21. The number of ether oxygens (including phenoxy) is 1. The van der Waals surface area contributed by atoms with Crippen LogP contribution >= 0.6 is 11.3 Å². The lowest BCUT2D eigenvalue weighted by Gasteiger charge is -2.11. The average Bonchev–Trinajstić information content (AvgIpc) is 2.97. The molecule has 24 heavy (non-hydrogen) atoms. The van der Waals surface area contributed by atoms with E-state index in [0.717, 1.165) is 32.1 Å². The van der Waals surface area contributed by atoms with Crippen LogP contribution < -0.4 is 10.1 Å². The quantitative estimate of drug-likeness (QED) is 0.603. The van der Waals surface area contributed by atoms with Crippen LogP contribution in [0.4, 0.5) is 10.9 Å². The van der Waals surface area contributed by atoms with Crippen LogP contribution in [0.5, 0.6) is 5.75 Å². The maximum atomic E-state index is 5.77. The number of nitrogens with one attached hydrogen (secondary N) is 1. The molecule has 4 aromatic rings. The van der Waals surface area contributed by atoms with Crippen LogP contribution in [0.2, 0.25) is 0 Å². The van der Waals surface area contributed by atoms with Gasteiger partial charge in [-0.2, -0.15) is 0 Å². The molecular formula is C17H15N5OS. The maximum absolute atomic E-state index is 5.77. The highest BCUT2D eigenvalue weighted by atomic mass is 32.1. The van der Waals surface area contributed by atoms with E-state index < -0.39 is 0 Å². The van der Waals surface area contributed by atoms with E-state index in [2.05, 4.69) is 25.3 Å². The second-order valence-electron chi connectivity index (χ2n) is 5.54. The van der Waals surface area contributed by atoms with Gasteiger partial charge in [-0.3, -0.25) is 0 Å². The van der Waals surface area contributed by atoms with E-state index in [1.807, 2.05) is 44.2 Å². The van der Waals surface area contributed by atoms with E-state index in [1.165, 1.54) is 11.3 Å².